The molecule has 1 N–H and O–H groups in total. The number of likely N-dealkylation sites (tertiary alicyclic amines) is 3. The Bertz CT molecular complexity index is 2450. The van der Waals surface area contributed by atoms with Gasteiger partial charge < -0.3 is 56.5 Å². The zero-order chi connectivity index (χ0) is 54.2. The van der Waals surface area contributed by atoms with Gasteiger partial charge in [0.1, 0.15) is 42.0 Å². The van der Waals surface area contributed by atoms with Gasteiger partial charge in [-0.05, 0) is 175 Å². The predicted molar refractivity (Wildman–Crippen MR) is 286 cm³/mol. The van der Waals surface area contributed by atoms with E-state index >= 15 is 0 Å². The molecule has 8 rings (SSSR count). The van der Waals surface area contributed by atoms with Crippen molar-refractivity contribution in [3.05, 3.63) is 116 Å². The minimum atomic E-state index is -0.639. The summed E-state index contributed by atoms with van der Waals surface area (Å²) in [5.41, 5.74) is 3.60. The Hall–Kier alpha value is -4.96. The number of benzene rings is 4. The summed E-state index contributed by atoms with van der Waals surface area (Å²) in [5, 5.41) is 3.37. The zero-order valence-electron chi connectivity index (χ0n) is 44.0. The number of carbonyl (C=O) groups excluding carboxylic acids is 6. The standard InChI is InChI=1S/C24H29BrN2O3.C23H27BrN2O3.C4H6O4.C2H3BO2.CH2O.Na/c1-26-13-10-19(11-14-26)30-20-6-3-5-17(15-20)22-7-4-12-27(22)24(28)18-8-9-21(25)23(16-18)29-2;1-28-22-15-17(7-8-20(22)24)23(27)26-13-3-6-21(26)16-4-2-5-19(14-16)29-18-9-11-25-12-10-18;1-3(5)7-8-4(2)6;1-2(4)5-3;1-2;/h3,5-6,8-9,15-16,19,22H,4,7,10-14H2,1-2H3;2,4-5,7-8,14-15,18,21,25H,3,6,9-13H2,1H3;1-2H3;1H3;1H2;/q;;;-1;;+1. The van der Waals surface area contributed by atoms with Crippen molar-refractivity contribution in [1.29, 1.82) is 0 Å². The van der Waals surface area contributed by atoms with Gasteiger partial charge in [-0.3, -0.25) is 14.4 Å². The average molecular weight is 1170 g/mol. The number of nitrogens with one attached hydrogen (secondary N) is 1. The molecule has 4 aliphatic heterocycles. The van der Waals surface area contributed by atoms with Crippen molar-refractivity contribution >= 4 is 76.4 Å². The van der Waals surface area contributed by atoms with Gasteiger partial charge in [0.2, 0.25) is 5.97 Å². The summed E-state index contributed by atoms with van der Waals surface area (Å²) in [6, 6.07) is 27.8. The van der Waals surface area contributed by atoms with E-state index in [-0.39, 0.29) is 65.7 Å². The fourth-order valence-corrected chi connectivity index (χ4v) is 9.56. The third-order valence-corrected chi connectivity index (χ3v) is 13.6. The number of halogens is 2. The summed E-state index contributed by atoms with van der Waals surface area (Å²) in [6.45, 7) is 11.2. The van der Waals surface area contributed by atoms with Crippen molar-refractivity contribution in [2.45, 2.75) is 96.4 Å². The van der Waals surface area contributed by atoms with Gasteiger partial charge in [-0.15, -0.1) is 0 Å². The fourth-order valence-electron chi connectivity index (χ4n) is 8.74. The van der Waals surface area contributed by atoms with E-state index in [1.807, 2.05) is 65.1 Å². The SMILES string of the molecule is C=O.CC(=O)OOC(C)=O.COc1cc(C(=O)N2CCCC2c2cccc(OC3CCN(C)CC3)c2)ccc1Br.COc1cc(C(=O)N2CCCC2c2cccc(OC3CCNCC3)c2)ccc1Br.[B-]OC(C)=O.[Na+]. The van der Waals surface area contributed by atoms with Gasteiger partial charge in [-0.1, -0.05) is 24.3 Å². The third-order valence-electron chi connectivity index (χ3n) is 12.3. The molecule has 0 saturated carbocycles. The molecule has 4 aromatic carbocycles. The summed E-state index contributed by atoms with van der Waals surface area (Å²) in [7, 11) is 9.70. The Balaban J connectivity index is 0.000000309. The number of ether oxygens (including phenoxy) is 4. The molecule has 4 saturated heterocycles. The number of hydrogen-bond acceptors (Lipinski definition) is 15. The summed E-state index contributed by atoms with van der Waals surface area (Å²) in [6.07, 6.45) is 8.66. The minimum absolute atomic E-state index is 0. The average Bonchev–Trinajstić information content (AvgIpc) is 4.12. The Kier molecular flexibility index (Phi) is 29.1. The van der Waals surface area contributed by atoms with E-state index in [4.69, 9.17) is 23.7 Å². The van der Waals surface area contributed by atoms with E-state index in [0.29, 0.717) is 22.6 Å². The van der Waals surface area contributed by atoms with Crippen LogP contribution in [0.4, 0.5) is 0 Å². The van der Waals surface area contributed by atoms with Crippen LogP contribution in [0.25, 0.3) is 0 Å². The Morgan fingerprint density at radius 1 is 0.587 bits per heavy atom. The molecule has 4 heterocycles. The summed E-state index contributed by atoms with van der Waals surface area (Å²) in [4.78, 5) is 77.6. The van der Waals surface area contributed by atoms with Gasteiger partial charge in [0.05, 0.1) is 35.2 Å². The number of rotatable bonds is 10. The number of hydrogen-bond donors (Lipinski definition) is 1. The monoisotopic (exact) mass is 1170 g/mol. The first kappa shape index (κ1) is 64.3. The van der Waals surface area contributed by atoms with E-state index in [0.717, 1.165) is 136 Å². The van der Waals surface area contributed by atoms with Crippen LogP contribution in [0.5, 0.6) is 23.0 Å². The first-order chi connectivity index (χ1) is 35.6. The molecule has 399 valence electrons. The number of methoxy groups -OCH3 is 2. The molecule has 4 aromatic rings. The minimum Gasteiger partial charge on any atom is -0.793 e. The number of piperidine rings is 2. The van der Waals surface area contributed by atoms with Gasteiger partial charge in [-0.2, -0.15) is 0 Å². The van der Waals surface area contributed by atoms with Gasteiger partial charge in [-0.25, -0.2) is 19.4 Å². The van der Waals surface area contributed by atoms with Crippen LogP contribution >= 0.6 is 31.9 Å². The Labute approximate surface area is 480 Å². The van der Waals surface area contributed by atoms with Crippen LogP contribution in [0.15, 0.2) is 93.9 Å². The molecule has 0 aliphatic carbocycles. The quantitative estimate of drug-likeness (QED) is 0.111. The maximum atomic E-state index is 13.3. The smallest absolute Gasteiger partial charge is 0.793 e. The zero-order valence-corrected chi connectivity index (χ0v) is 49.2. The first-order valence-corrected chi connectivity index (χ1v) is 25.9. The van der Waals surface area contributed by atoms with E-state index < -0.39 is 17.9 Å². The second kappa shape index (κ2) is 33.9. The first-order valence-electron chi connectivity index (χ1n) is 24.3. The molecule has 75 heavy (non-hydrogen) atoms. The molecule has 17 nitrogen and oxygen atoms in total. The van der Waals surface area contributed by atoms with Gasteiger partial charge in [0.15, 0.2) is 0 Å². The Morgan fingerprint density at radius 3 is 1.36 bits per heavy atom. The maximum absolute atomic E-state index is 13.3. The molecule has 4 aliphatic rings. The van der Waals surface area contributed by atoms with Crippen LogP contribution in [0.3, 0.4) is 0 Å². The van der Waals surface area contributed by atoms with E-state index in [1.165, 1.54) is 6.92 Å². The summed E-state index contributed by atoms with van der Waals surface area (Å²) >= 11 is 6.91. The summed E-state index contributed by atoms with van der Waals surface area (Å²) < 4.78 is 28.5. The molecule has 2 unspecified atom stereocenters. The molecule has 3 radical (unpaired) electrons. The van der Waals surface area contributed by atoms with Crippen molar-refractivity contribution in [3.63, 3.8) is 0 Å². The second-order valence-electron chi connectivity index (χ2n) is 17.6. The molecule has 0 bridgehead atoms. The molecule has 2 amide bonds. The van der Waals surface area contributed by atoms with Gasteiger partial charge in [0.25, 0.3) is 11.8 Å². The molecule has 0 spiro atoms. The molecular formula is C54H67BBr2N4NaO13. The van der Waals surface area contributed by atoms with Crippen LogP contribution in [-0.2, 0) is 33.6 Å². The van der Waals surface area contributed by atoms with Crippen molar-refractivity contribution < 1.29 is 91.7 Å². The van der Waals surface area contributed by atoms with Crippen LogP contribution in [0.1, 0.15) is 116 Å². The fraction of sp³-hybridized carbons (Fsp3) is 0.444. The van der Waals surface area contributed by atoms with Gasteiger partial charge >= 0.3 is 41.5 Å². The van der Waals surface area contributed by atoms with Crippen molar-refractivity contribution in [1.82, 2.24) is 20.0 Å². The predicted octanol–water partition coefficient (Wildman–Crippen LogP) is 5.95. The van der Waals surface area contributed by atoms with Crippen molar-refractivity contribution in [2.24, 2.45) is 0 Å². The third kappa shape index (κ3) is 20.8. The Morgan fingerprint density at radius 2 is 0.987 bits per heavy atom. The normalized spacial score (nSPS) is 17.2. The number of nitrogens with zero attached hydrogens (tertiary/aromatic N) is 3. The molecule has 0 aromatic heterocycles. The van der Waals surface area contributed by atoms with Crippen LogP contribution < -0.4 is 53.8 Å². The van der Waals surface area contributed by atoms with E-state index in [2.05, 4.69) is 95.9 Å². The van der Waals surface area contributed by atoms with Crippen LogP contribution in [0.2, 0.25) is 0 Å². The molecule has 4 fully saturated rings. The second-order valence-corrected chi connectivity index (χ2v) is 19.3. The van der Waals surface area contributed by atoms with E-state index in [9.17, 15) is 24.0 Å². The maximum Gasteiger partial charge on any atom is 1.00 e. The topological polar surface area (TPSA) is 189 Å². The summed E-state index contributed by atoms with van der Waals surface area (Å²) in [5.74, 6) is 1.50. The van der Waals surface area contributed by atoms with Crippen molar-refractivity contribution in [2.75, 3.05) is 60.5 Å². The van der Waals surface area contributed by atoms with Gasteiger partial charge in [0, 0.05) is 58.1 Å². The van der Waals surface area contributed by atoms with E-state index in [1.54, 1.807) is 26.4 Å². The number of carbonyl (C=O) groups is 6. The van der Waals surface area contributed by atoms with Crippen LogP contribution in [0, 0.1) is 0 Å². The van der Waals surface area contributed by atoms with Crippen molar-refractivity contribution in [3.8, 4) is 23.0 Å². The number of amides is 2. The largest absolute Gasteiger partial charge is 1.00 e. The molecule has 2 atom stereocenters. The molecule has 21 heteroatoms. The molecular weight excluding hydrogens is 1110 g/mol. The van der Waals surface area contributed by atoms with Crippen LogP contribution in [-0.4, -0.2) is 132 Å².